The standard InChI is InChI=1S/C19H32O2/c20-17-13-8-6-4-2-1-3-5-7-9-14-18-21-19-15-11-10-12-16-19/h10-12,15-16,20H,1-9,13-14,17-18H2. The lowest BCUT2D eigenvalue weighted by atomic mass is 10.1. The van der Waals surface area contributed by atoms with E-state index >= 15 is 0 Å². The van der Waals surface area contributed by atoms with Crippen LogP contribution in [0.2, 0.25) is 0 Å². The van der Waals surface area contributed by atoms with Gasteiger partial charge < -0.3 is 9.84 Å². The van der Waals surface area contributed by atoms with Gasteiger partial charge in [0.15, 0.2) is 0 Å². The first-order valence-electron chi connectivity index (χ1n) is 8.72. The van der Waals surface area contributed by atoms with E-state index in [1.54, 1.807) is 0 Å². The van der Waals surface area contributed by atoms with Crippen LogP contribution < -0.4 is 4.74 Å². The first-order chi connectivity index (χ1) is 10.4. The third kappa shape index (κ3) is 11.3. The van der Waals surface area contributed by atoms with Gasteiger partial charge in [0.05, 0.1) is 6.61 Å². The van der Waals surface area contributed by atoms with Crippen LogP contribution in [0, 0.1) is 0 Å². The number of aliphatic hydroxyl groups excluding tert-OH is 1. The summed E-state index contributed by atoms with van der Waals surface area (Å²) >= 11 is 0. The second-order valence-corrected chi connectivity index (χ2v) is 5.77. The molecule has 0 saturated heterocycles. The molecule has 0 aromatic heterocycles. The number of aliphatic hydroxyl groups is 1. The van der Waals surface area contributed by atoms with Crippen molar-refractivity contribution in [1.82, 2.24) is 0 Å². The summed E-state index contributed by atoms with van der Waals surface area (Å²) in [6.45, 7) is 1.20. The number of hydrogen-bond acceptors (Lipinski definition) is 2. The van der Waals surface area contributed by atoms with E-state index in [1.807, 2.05) is 30.3 Å². The van der Waals surface area contributed by atoms with Gasteiger partial charge in [-0.1, -0.05) is 76.0 Å². The minimum Gasteiger partial charge on any atom is -0.494 e. The highest BCUT2D eigenvalue weighted by Gasteiger charge is 1.94. The Morgan fingerprint density at radius 1 is 0.619 bits per heavy atom. The van der Waals surface area contributed by atoms with Crippen LogP contribution in [0.3, 0.4) is 0 Å². The average molecular weight is 292 g/mol. The summed E-state index contributed by atoms with van der Waals surface area (Å²) in [5.41, 5.74) is 0. The first kappa shape index (κ1) is 18.0. The van der Waals surface area contributed by atoms with Crippen LogP contribution in [0.5, 0.6) is 5.75 Å². The number of para-hydroxylation sites is 1. The summed E-state index contributed by atoms with van der Waals surface area (Å²) in [5, 5.41) is 8.68. The summed E-state index contributed by atoms with van der Waals surface area (Å²) in [7, 11) is 0. The average Bonchev–Trinajstić information content (AvgIpc) is 2.53. The molecule has 0 aliphatic heterocycles. The predicted octanol–water partition coefficient (Wildman–Crippen LogP) is 5.35. The van der Waals surface area contributed by atoms with Crippen LogP contribution >= 0.6 is 0 Å². The molecule has 0 heterocycles. The van der Waals surface area contributed by atoms with Crippen LogP contribution in [0.25, 0.3) is 0 Å². The zero-order valence-corrected chi connectivity index (χ0v) is 13.4. The molecule has 1 rings (SSSR count). The number of benzene rings is 1. The molecule has 0 unspecified atom stereocenters. The molecule has 0 amide bonds. The van der Waals surface area contributed by atoms with Gasteiger partial charge in [-0.3, -0.25) is 0 Å². The lowest BCUT2D eigenvalue weighted by molar-refractivity contribution is 0.282. The number of rotatable bonds is 14. The number of unbranched alkanes of at least 4 members (excludes halogenated alkanes) is 10. The second kappa shape index (κ2) is 13.9. The van der Waals surface area contributed by atoms with E-state index in [9.17, 15) is 0 Å². The minimum absolute atomic E-state index is 0.355. The largest absolute Gasteiger partial charge is 0.494 e. The molecular formula is C19H32O2. The van der Waals surface area contributed by atoms with Crippen LogP contribution in [0.4, 0.5) is 0 Å². The summed E-state index contributed by atoms with van der Waals surface area (Å²) in [6.07, 6.45) is 14.1. The smallest absolute Gasteiger partial charge is 0.119 e. The zero-order chi connectivity index (χ0) is 15.0. The molecule has 0 radical (unpaired) electrons. The van der Waals surface area contributed by atoms with Crippen molar-refractivity contribution >= 4 is 0 Å². The quantitative estimate of drug-likeness (QED) is 0.468. The SMILES string of the molecule is OCCCCCCCCCCCCCOc1ccccc1. The highest BCUT2D eigenvalue weighted by Crippen LogP contribution is 2.12. The van der Waals surface area contributed by atoms with E-state index in [-0.39, 0.29) is 0 Å². The van der Waals surface area contributed by atoms with Gasteiger partial charge in [-0.2, -0.15) is 0 Å². The lowest BCUT2D eigenvalue weighted by Crippen LogP contribution is -1.96. The Morgan fingerprint density at radius 3 is 1.62 bits per heavy atom. The highest BCUT2D eigenvalue weighted by molar-refractivity contribution is 5.20. The van der Waals surface area contributed by atoms with Crippen molar-refractivity contribution in [2.75, 3.05) is 13.2 Å². The van der Waals surface area contributed by atoms with Gasteiger partial charge in [0.25, 0.3) is 0 Å². The summed E-state index contributed by atoms with van der Waals surface area (Å²) in [4.78, 5) is 0. The highest BCUT2D eigenvalue weighted by atomic mass is 16.5. The molecule has 0 saturated carbocycles. The summed E-state index contributed by atoms with van der Waals surface area (Å²) in [5.74, 6) is 0.985. The number of ether oxygens (including phenoxy) is 1. The maximum Gasteiger partial charge on any atom is 0.119 e. The topological polar surface area (TPSA) is 29.5 Å². The molecule has 0 aliphatic carbocycles. The van der Waals surface area contributed by atoms with Gasteiger partial charge in [0.1, 0.15) is 5.75 Å². The minimum atomic E-state index is 0.355. The van der Waals surface area contributed by atoms with Crippen molar-refractivity contribution in [3.8, 4) is 5.75 Å². The Hall–Kier alpha value is -1.02. The Morgan fingerprint density at radius 2 is 1.10 bits per heavy atom. The second-order valence-electron chi connectivity index (χ2n) is 5.77. The lowest BCUT2D eigenvalue weighted by Gasteiger charge is -2.05. The fraction of sp³-hybridized carbons (Fsp3) is 0.684. The Balaban J connectivity index is 1.75. The molecule has 1 N–H and O–H groups in total. The van der Waals surface area contributed by atoms with Gasteiger partial charge in [0, 0.05) is 6.61 Å². The van der Waals surface area contributed by atoms with Crippen molar-refractivity contribution < 1.29 is 9.84 Å². The normalized spacial score (nSPS) is 10.7. The van der Waals surface area contributed by atoms with Gasteiger partial charge in [-0.05, 0) is 25.0 Å². The molecule has 0 spiro atoms. The van der Waals surface area contributed by atoms with Gasteiger partial charge in [-0.25, -0.2) is 0 Å². The van der Waals surface area contributed by atoms with Crippen molar-refractivity contribution in [2.45, 2.75) is 70.6 Å². The van der Waals surface area contributed by atoms with E-state index in [4.69, 9.17) is 9.84 Å². The zero-order valence-electron chi connectivity index (χ0n) is 13.4. The summed E-state index contributed by atoms with van der Waals surface area (Å²) < 4.78 is 5.68. The van der Waals surface area contributed by atoms with E-state index in [2.05, 4.69) is 0 Å². The van der Waals surface area contributed by atoms with Crippen LogP contribution in [0.1, 0.15) is 70.6 Å². The molecule has 1 aromatic rings. The van der Waals surface area contributed by atoms with Gasteiger partial charge in [-0.15, -0.1) is 0 Å². The molecule has 0 aliphatic rings. The number of hydrogen-bond donors (Lipinski definition) is 1. The predicted molar refractivity (Wildman–Crippen MR) is 89.8 cm³/mol. The Labute approximate surface area is 130 Å². The van der Waals surface area contributed by atoms with Gasteiger partial charge >= 0.3 is 0 Å². The van der Waals surface area contributed by atoms with Gasteiger partial charge in [0.2, 0.25) is 0 Å². The molecule has 0 fully saturated rings. The van der Waals surface area contributed by atoms with Crippen LogP contribution in [0.15, 0.2) is 30.3 Å². The van der Waals surface area contributed by atoms with Crippen LogP contribution in [-0.4, -0.2) is 18.3 Å². The Bertz CT molecular complexity index is 311. The van der Waals surface area contributed by atoms with Crippen molar-refractivity contribution in [3.05, 3.63) is 30.3 Å². The van der Waals surface area contributed by atoms with Crippen LogP contribution in [-0.2, 0) is 0 Å². The Kier molecular flexibility index (Phi) is 12.0. The van der Waals surface area contributed by atoms with Crippen molar-refractivity contribution in [2.24, 2.45) is 0 Å². The molecule has 2 nitrogen and oxygen atoms in total. The van der Waals surface area contributed by atoms with Crippen molar-refractivity contribution in [1.29, 1.82) is 0 Å². The maximum atomic E-state index is 8.68. The molecular weight excluding hydrogens is 260 g/mol. The third-order valence-corrected chi connectivity index (χ3v) is 3.81. The van der Waals surface area contributed by atoms with E-state index in [1.165, 1.54) is 57.8 Å². The molecule has 2 heteroatoms. The fourth-order valence-corrected chi connectivity index (χ4v) is 2.51. The van der Waals surface area contributed by atoms with E-state index in [0.717, 1.165) is 25.2 Å². The van der Waals surface area contributed by atoms with E-state index < -0.39 is 0 Å². The molecule has 21 heavy (non-hydrogen) atoms. The molecule has 0 atom stereocenters. The molecule has 1 aromatic carbocycles. The molecule has 120 valence electrons. The monoisotopic (exact) mass is 292 g/mol. The third-order valence-electron chi connectivity index (χ3n) is 3.81. The fourth-order valence-electron chi connectivity index (χ4n) is 2.51. The summed E-state index contributed by atoms with van der Waals surface area (Å²) in [6, 6.07) is 10.1. The molecule has 0 bridgehead atoms. The maximum absolute atomic E-state index is 8.68. The van der Waals surface area contributed by atoms with Crippen molar-refractivity contribution in [3.63, 3.8) is 0 Å². The first-order valence-corrected chi connectivity index (χ1v) is 8.72. The van der Waals surface area contributed by atoms with E-state index in [0.29, 0.717) is 6.61 Å².